The van der Waals surface area contributed by atoms with Crippen molar-refractivity contribution in [2.45, 2.75) is 40.7 Å². The predicted molar refractivity (Wildman–Crippen MR) is 131 cm³/mol. The maximum absolute atomic E-state index is 5.12. The molecule has 3 aromatic carbocycles. The first kappa shape index (κ1) is 20.9. The Bertz CT molecular complexity index is 1180. The molecule has 0 bridgehead atoms. The summed E-state index contributed by atoms with van der Waals surface area (Å²) in [6.45, 7) is 10.9. The second-order valence-electron chi connectivity index (χ2n) is 8.62. The Morgan fingerprint density at radius 1 is 0.774 bits per heavy atom. The minimum absolute atomic E-state index is 0.0529. The van der Waals surface area contributed by atoms with Crippen LogP contribution in [0.3, 0.4) is 0 Å². The zero-order valence-electron chi connectivity index (χ0n) is 19.3. The zero-order valence-corrected chi connectivity index (χ0v) is 19.3. The molecule has 0 aliphatic carbocycles. The van der Waals surface area contributed by atoms with E-state index in [4.69, 9.17) is 4.98 Å². The standard InChI is InChI=1S/C28H31N3/c1-18-15-21(4)25(22(5)16-18)27(30-26-19(2)11-10-12-20(26)3)28-29-24(17-31(28)6)23-13-8-7-9-14-23/h7-17,27,30H,1-6H3. The highest BCUT2D eigenvalue weighted by molar-refractivity contribution is 5.62. The minimum atomic E-state index is -0.0529. The molecule has 3 heteroatoms. The van der Waals surface area contributed by atoms with Crippen molar-refractivity contribution in [3.8, 4) is 11.3 Å². The lowest BCUT2D eigenvalue weighted by molar-refractivity contribution is 0.740. The summed E-state index contributed by atoms with van der Waals surface area (Å²) < 4.78 is 2.16. The molecule has 3 nitrogen and oxygen atoms in total. The van der Waals surface area contributed by atoms with Crippen LogP contribution in [0.4, 0.5) is 5.69 Å². The van der Waals surface area contributed by atoms with Crippen molar-refractivity contribution in [1.82, 2.24) is 9.55 Å². The van der Waals surface area contributed by atoms with E-state index in [1.165, 1.54) is 39.1 Å². The number of hydrogen-bond donors (Lipinski definition) is 1. The first-order valence-corrected chi connectivity index (χ1v) is 10.8. The third-order valence-corrected chi connectivity index (χ3v) is 6.04. The molecule has 31 heavy (non-hydrogen) atoms. The SMILES string of the molecule is Cc1cc(C)c(C(Nc2c(C)cccc2C)c2nc(-c3ccccc3)cn2C)c(C)c1. The van der Waals surface area contributed by atoms with E-state index in [1.54, 1.807) is 0 Å². The van der Waals surface area contributed by atoms with Gasteiger partial charge in [0.2, 0.25) is 0 Å². The summed E-state index contributed by atoms with van der Waals surface area (Å²) >= 11 is 0. The molecule has 1 heterocycles. The van der Waals surface area contributed by atoms with Crippen molar-refractivity contribution >= 4 is 5.69 Å². The lowest BCUT2D eigenvalue weighted by Crippen LogP contribution is -2.20. The Hall–Kier alpha value is -3.33. The van der Waals surface area contributed by atoms with Gasteiger partial charge in [0.05, 0.1) is 5.69 Å². The first-order valence-electron chi connectivity index (χ1n) is 10.8. The molecule has 0 fully saturated rings. The summed E-state index contributed by atoms with van der Waals surface area (Å²) in [6.07, 6.45) is 2.13. The van der Waals surface area contributed by atoms with Gasteiger partial charge in [-0.05, 0) is 62.4 Å². The Morgan fingerprint density at radius 3 is 2.00 bits per heavy atom. The number of nitrogens with zero attached hydrogens (tertiary/aromatic N) is 2. The Kier molecular flexibility index (Phi) is 5.69. The first-order chi connectivity index (χ1) is 14.8. The lowest BCUT2D eigenvalue weighted by atomic mass is 9.92. The monoisotopic (exact) mass is 409 g/mol. The lowest BCUT2D eigenvalue weighted by Gasteiger charge is -2.26. The smallest absolute Gasteiger partial charge is 0.136 e. The second kappa shape index (κ2) is 8.43. The van der Waals surface area contributed by atoms with Crippen molar-refractivity contribution in [3.05, 3.63) is 106 Å². The number of imidazole rings is 1. The second-order valence-corrected chi connectivity index (χ2v) is 8.62. The third kappa shape index (κ3) is 4.13. The third-order valence-electron chi connectivity index (χ3n) is 6.04. The molecule has 0 spiro atoms. The van der Waals surface area contributed by atoms with E-state index in [0.717, 1.165) is 17.1 Å². The van der Waals surface area contributed by atoms with E-state index in [9.17, 15) is 0 Å². The molecule has 158 valence electrons. The number of anilines is 1. The van der Waals surface area contributed by atoms with Gasteiger partial charge in [-0.25, -0.2) is 4.98 Å². The van der Waals surface area contributed by atoms with Crippen LogP contribution in [0.25, 0.3) is 11.3 Å². The number of benzene rings is 3. The molecule has 0 radical (unpaired) electrons. The van der Waals surface area contributed by atoms with Crippen LogP contribution in [0.15, 0.2) is 66.9 Å². The van der Waals surface area contributed by atoms with Gasteiger partial charge < -0.3 is 9.88 Å². The summed E-state index contributed by atoms with van der Waals surface area (Å²) in [5.41, 5.74) is 10.9. The average molecular weight is 410 g/mol. The van der Waals surface area contributed by atoms with Crippen LogP contribution >= 0.6 is 0 Å². The molecule has 0 saturated heterocycles. The Labute approximate surface area is 185 Å². The van der Waals surface area contributed by atoms with Crippen molar-refractivity contribution in [3.63, 3.8) is 0 Å². The highest BCUT2D eigenvalue weighted by Crippen LogP contribution is 2.34. The maximum atomic E-state index is 5.12. The van der Waals surface area contributed by atoms with E-state index in [-0.39, 0.29) is 6.04 Å². The normalized spacial score (nSPS) is 12.1. The number of rotatable bonds is 5. The molecule has 0 aliphatic rings. The van der Waals surface area contributed by atoms with Gasteiger partial charge in [-0.2, -0.15) is 0 Å². The molecule has 4 aromatic rings. The van der Waals surface area contributed by atoms with E-state index in [0.29, 0.717) is 0 Å². The largest absolute Gasteiger partial charge is 0.371 e. The van der Waals surface area contributed by atoms with Gasteiger partial charge in [-0.1, -0.05) is 66.2 Å². The van der Waals surface area contributed by atoms with Gasteiger partial charge in [0, 0.05) is 24.5 Å². The van der Waals surface area contributed by atoms with Gasteiger partial charge >= 0.3 is 0 Å². The number of hydrogen-bond acceptors (Lipinski definition) is 2. The van der Waals surface area contributed by atoms with Crippen LogP contribution < -0.4 is 5.32 Å². The fourth-order valence-electron chi connectivity index (χ4n) is 4.60. The fourth-order valence-corrected chi connectivity index (χ4v) is 4.60. The quantitative estimate of drug-likeness (QED) is 0.391. The summed E-state index contributed by atoms with van der Waals surface area (Å²) in [6, 6.07) is 21.3. The van der Waals surface area contributed by atoms with Crippen LogP contribution in [0, 0.1) is 34.6 Å². The van der Waals surface area contributed by atoms with Gasteiger partial charge in [0.25, 0.3) is 0 Å². The highest BCUT2D eigenvalue weighted by Gasteiger charge is 2.25. The molecule has 1 N–H and O–H groups in total. The van der Waals surface area contributed by atoms with Crippen LogP contribution in [0.5, 0.6) is 0 Å². The molecule has 1 atom stereocenters. The number of aromatic nitrogens is 2. The number of nitrogens with one attached hydrogen (secondary N) is 1. The van der Waals surface area contributed by atoms with E-state index >= 15 is 0 Å². The predicted octanol–water partition coefficient (Wildman–Crippen LogP) is 6.83. The molecule has 1 unspecified atom stereocenters. The summed E-state index contributed by atoms with van der Waals surface area (Å²) in [5, 5.41) is 3.87. The molecular formula is C28H31N3. The van der Waals surface area contributed by atoms with Crippen LogP contribution in [-0.4, -0.2) is 9.55 Å². The molecular weight excluding hydrogens is 378 g/mol. The topological polar surface area (TPSA) is 29.9 Å². The van der Waals surface area contributed by atoms with E-state index < -0.39 is 0 Å². The maximum Gasteiger partial charge on any atom is 0.136 e. The van der Waals surface area contributed by atoms with Gasteiger partial charge in [0.15, 0.2) is 0 Å². The molecule has 0 aliphatic heterocycles. The summed E-state index contributed by atoms with van der Waals surface area (Å²) in [7, 11) is 2.09. The zero-order chi connectivity index (χ0) is 22.1. The van der Waals surface area contributed by atoms with E-state index in [1.807, 2.05) is 6.07 Å². The number of aryl methyl sites for hydroxylation is 6. The molecule has 0 amide bonds. The van der Waals surface area contributed by atoms with Crippen molar-refractivity contribution in [2.75, 3.05) is 5.32 Å². The van der Waals surface area contributed by atoms with Crippen LogP contribution in [0.2, 0.25) is 0 Å². The average Bonchev–Trinajstić information content (AvgIpc) is 3.11. The fraction of sp³-hybridized carbons (Fsp3) is 0.250. The minimum Gasteiger partial charge on any atom is -0.371 e. The van der Waals surface area contributed by atoms with Gasteiger partial charge in [-0.15, -0.1) is 0 Å². The molecule has 0 saturated carbocycles. The van der Waals surface area contributed by atoms with Gasteiger partial charge in [0.1, 0.15) is 11.9 Å². The van der Waals surface area contributed by atoms with Crippen molar-refractivity contribution in [2.24, 2.45) is 7.05 Å². The summed E-state index contributed by atoms with van der Waals surface area (Å²) in [4.78, 5) is 5.12. The number of para-hydroxylation sites is 1. The highest BCUT2D eigenvalue weighted by atomic mass is 15.1. The van der Waals surface area contributed by atoms with Crippen molar-refractivity contribution in [1.29, 1.82) is 0 Å². The van der Waals surface area contributed by atoms with Crippen molar-refractivity contribution < 1.29 is 0 Å². The van der Waals surface area contributed by atoms with Crippen LogP contribution in [-0.2, 0) is 7.05 Å². The molecule has 1 aromatic heterocycles. The molecule has 4 rings (SSSR count). The van der Waals surface area contributed by atoms with E-state index in [2.05, 4.69) is 112 Å². The van der Waals surface area contributed by atoms with Gasteiger partial charge in [-0.3, -0.25) is 0 Å². The Balaban J connectivity index is 1.89. The van der Waals surface area contributed by atoms with Crippen LogP contribution in [0.1, 0.15) is 45.2 Å². The summed E-state index contributed by atoms with van der Waals surface area (Å²) in [5.74, 6) is 1.01. The Morgan fingerprint density at radius 2 is 1.39 bits per heavy atom.